The van der Waals surface area contributed by atoms with Crippen LogP contribution in [0.4, 0.5) is 4.79 Å². The summed E-state index contributed by atoms with van der Waals surface area (Å²) in [5.41, 5.74) is 12.9. The second kappa shape index (κ2) is 17.5. The Bertz CT molecular complexity index is 1010. The maximum absolute atomic E-state index is 12.3. The van der Waals surface area contributed by atoms with E-state index in [1.807, 2.05) is 60.7 Å². The second-order valence-electron chi connectivity index (χ2n) is 8.59. The molecule has 0 aliphatic carbocycles. The summed E-state index contributed by atoms with van der Waals surface area (Å²) in [6.07, 6.45) is 1.54. The lowest BCUT2D eigenvalue weighted by Crippen LogP contribution is -2.48. The summed E-state index contributed by atoms with van der Waals surface area (Å²) in [5.74, 6) is -1.30. The average molecular weight is 528 g/mol. The van der Waals surface area contributed by atoms with Gasteiger partial charge in [-0.3, -0.25) is 15.0 Å². The number of nitrogens with two attached hydrogens (primary N) is 1. The van der Waals surface area contributed by atoms with Crippen LogP contribution in [-0.2, 0) is 36.9 Å². The van der Waals surface area contributed by atoms with Gasteiger partial charge in [0.05, 0.1) is 13.2 Å². The van der Waals surface area contributed by atoms with Crippen molar-refractivity contribution in [3.63, 3.8) is 0 Å². The molecule has 206 valence electrons. The highest BCUT2D eigenvalue weighted by Gasteiger charge is 2.21. The SMILES string of the molecule is COC(=O)C(Cc1ccccc1)NC(=O)CCNNC(=O)C(N)CCCCNC(=O)OCc1ccccc1. The minimum Gasteiger partial charge on any atom is -0.467 e. The lowest BCUT2D eigenvalue weighted by Gasteiger charge is -2.17. The average Bonchev–Trinajstić information content (AvgIpc) is 2.94. The predicted octanol–water partition coefficient (Wildman–Crippen LogP) is 1.32. The summed E-state index contributed by atoms with van der Waals surface area (Å²) in [7, 11) is 1.27. The molecule has 0 aromatic heterocycles. The number of hydrogen-bond donors (Lipinski definition) is 5. The van der Waals surface area contributed by atoms with Gasteiger partial charge in [0.25, 0.3) is 5.91 Å². The topological polar surface area (TPSA) is 161 Å². The normalized spacial score (nSPS) is 12.1. The number of alkyl carbamates (subject to hydrolysis) is 1. The first kappa shape index (κ1) is 30.3. The van der Waals surface area contributed by atoms with E-state index in [1.54, 1.807) is 0 Å². The molecular formula is C27H37N5O6. The van der Waals surface area contributed by atoms with Crippen LogP contribution in [0, 0.1) is 0 Å². The quantitative estimate of drug-likeness (QED) is 0.124. The van der Waals surface area contributed by atoms with Crippen molar-refractivity contribution in [1.29, 1.82) is 0 Å². The van der Waals surface area contributed by atoms with E-state index in [0.717, 1.165) is 11.1 Å². The highest BCUT2D eigenvalue weighted by atomic mass is 16.5. The van der Waals surface area contributed by atoms with Crippen molar-refractivity contribution in [2.24, 2.45) is 5.73 Å². The summed E-state index contributed by atoms with van der Waals surface area (Å²) >= 11 is 0. The number of methoxy groups -OCH3 is 1. The van der Waals surface area contributed by atoms with Crippen molar-refractivity contribution in [2.75, 3.05) is 20.2 Å². The van der Waals surface area contributed by atoms with Crippen molar-refractivity contribution in [1.82, 2.24) is 21.5 Å². The molecule has 38 heavy (non-hydrogen) atoms. The molecule has 0 saturated heterocycles. The summed E-state index contributed by atoms with van der Waals surface area (Å²) in [6.45, 7) is 0.761. The lowest BCUT2D eigenvalue weighted by molar-refractivity contribution is -0.145. The number of hydrogen-bond acceptors (Lipinski definition) is 8. The molecule has 2 aromatic rings. The monoisotopic (exact) mass is 527 g/mol. The molecule has 0 aliphatic rings. The Labute approximate surface area is 222 Å². The zero-order valence-electron chi connectivity index (χ0n) is 21.6. The van der Waals surface area contributed by atoms with E-state index in [2.05, 4.69) is 21.5 Å². The van der Waals surface area contributed by atoms with Crippen molar-refractivity contribution in [2.45, 2.75) is 50.8 Å². The molecule has 0 spiro atoms. The fourth-order valence-corrected chi connectivity index (χ4v) is 3.46. The van der Waals surface area contributed by atoms with Crippen molar-refractivity contribution >= 4 is 23.9 Å². The minimum atomic E-state index is -0.807. The van der Waals surface area contributed by atoms with Crippen LogP contribution in [0.1, 0.15) is 36.8 Å². The largest absolute Gasteiger partial charge is 0.467 e. The molecule has 2 atom stereocenters. The molecule has 0 radical (unpaired) electrons. The zero-order valence-corrected chi connectivity index (χ0v) is 21.6. The van der Waals surface area contributed by atoms with Crippen molar-refractivity contribution in [3.8, 4) is 0 Å². The molecule has 0 aliphatic heterocycles. The summed E-state index contributed by atoms with van der Waals surface area (Å²) in [6, 6.07) is 17.1. The standard InChI is InChI=1S/C27H37N5O6/c1-37-26(35)23(18-20-10-4-2-5-11-20)31-24(33)15-17-30-32-25(34)22(28)14-8-9-16-29-27(36)38-19-21-12-6-3-7-13-21/h2-7,10-13,22-23,30H,8-9,14-19,28H2,1H3,(H,29,36)(H,31,33)(H,32,34). The first-order valence-electron chi connectivity index (χ1n) is 12.5. The molecule has 3 amide bonds. The fraction of sp³-hybridized carbons (Fsp3) is 0.407. The van der Waals surface area contributed by atoms with Crippen molar-refractivity contribution in [3.05, 3.63) is 71.8 Å². The Kier molecular flexibility index (Phi) is 13.9. The molecule has 0 bridgehead atoms. The van der Waals surface area contributed by atoms with Gasteiger partial charge in [0.2, 0.25) is 5.91 Å². The Morgan fingerprint density at radius 1 is 0.895 bits per heavy atom. The highest BCUT2D eigenvalue weighted by Crippen LogP contribution is 2.05. The van der Waals surface area contributed by atoms with Gasteiger partial charge in [0.15, 0.2) is 0 Å². The van der Waals surface area contributed by atoms with Gasteiger partial charge in [-0.2, -0.15) is 0 Å². The van der Waals surface area contributed by atoms with E-state index in [0.29, 0.717) is 32.2 Å². The number of benzene rings is 2. The third-order valence-corrected chi connectivity index (χ3v) is 5.55. The van der Waals surface area contributed by atoms with Gasteiger partial charge in [-0.1, -0.05) is 60.7 Å². The van der Waals surface area contributed by atoms with Gasteiger partial charge in [-0.15, -0.1) is 0 Å². The zero-order chi connectivity index (χ0) is 27.6. The maximum atomic E-state index is 12.3. The van der Waals surface area contributed by atoms with Crippen LogP contribution < -0.4 is 27.2 Å². The summed E-state index contributed by atoms with van der Waals surface area (Å²) in [5, 5.41) is 5.33. The number of esters is 1. The van der Waals surface area contributed by atoms with E-state index in [-0.39, 0.29) is 25.5 Å². The van der Waals surface area contributed by atoms with Crippen LogP contribution in [0.15, 0.2) is 60.7 Å². The number of rotatable bonds is 16. The van der Waals surface area contributed by atoms with E-state index in [4.69, 9.17) is 15.2 Å². The van der Waals surface area contributed by atoms with Crippen LogP contribution in [-0.4, -0.2) is 56.2 Å². The van der Waals surface area contributed by atoms with Crippen LogP contribution in [0.5, 0.6) is 0 Å². The number of amides is 3. The molecule has 6 N–H and O–H groups in total. The van der Waals surface area contributed by atoms with E-state index in [1.165, 1.54) is 7.11 Å². The molecule has 2 rings (SSSR count). The molecule has 11 heteroatoms. The van der Waals surface area contributed by atoms with E-state index in [9.17, 15) is 19.2 Å². The molecule has 0 saturated carbocycles. The number of carbonyl (C=O) groups excluding carboxylic acids is 4. The second-order valence-corrected chi connectivity index (χ2v) is 8.59. The van der Waals surface area contributed by atoms with Crippen molar-refractivity contribution < 1.29 is 28.7 Å². The smallest absolute Gasteiger partial charge is 0.407 e. The molecule has 0 heterocycles. The first-order valence-corrected chi connectivity index (χ1v) is 12.5. The van der Waals surface area contributed by atoms with Gasteiger partial charge in [0.1, 0.15) is 12.6 Å². The van der Waals surface area contributed by atoms with Crippen LogP contribution >= 0.6 is 0 Å². The van der Waals surface area contributed by atoms with E-state index < -0.39 is 30.1 Å². The Hall–Kier alpha value is -3.96. The molecular weight excluding hydrogens is 490 g/mol. The van der Waals surface area contributed by atoms with Gasteiger partial charge < -0.3 is 25.8 Å². The van der Waals surface area contributed by atoms with Gasteiger partial charge >= 0.3 is 12.1 Å². The fourth-order valence-electron chi connectivity index (χ4n) is 3.46. The minimum absolute atomic E-state index is 0.0316. The third kappa shape index (κ3) is 12.3. The third-order valence-electron chi connectivity index (χ3n) is 5.55. The van der Waals surface area contributed by atoms with Gasteiger partial charge in [-0.25, -0.2) is 15.0 Å². The van der Waals surface area contributed by atoms with Crippen LogP contribution in [0.25, 0.3) is 0 Å². The Morgan fingerprint density at radius 3 is 2.21 bits per heavy atom. The predicted molar refractivity (Wildman–Crippen MR) is 141 cm³/mol. The molecule has 11 nitrogen and oxygen atoms in total. The molecule has 2 unspecified atom stereocenters. The highest BCUT2D eigenvalue weighted by molar-refractivity contribution is 5.85. The summed E-state index contributed by atoms with van der Waals surface area (Å²) in [4.78, 5) is 48.2. The summed E-state index contributed by atoms with van der Waals surface area (Å²) < 4.78 is 9.92. The number of carbonyl (C=O) groups is 4. The van der Waals surface area contributed by atoms with Gasteiger partial charge in [0, 0.05) is 25.9 Å². The lowest BCUT2D eigenvalue weighted by atomic mass is 10.1. The first-order chi connectivity index (χ1) is 18.4. The number of nitrogens with one attached hydrogen (secondary N) is 4. The van der Waals surface area contributed by atoms with Crippen LogP contribution in [0.3, 0.4) is 0 Å². The van der Waals surface area contributed by atoms with E-state index >= 15 is 0 Å². The number of hydrazine groups is 1. The Balaban J connectivity index is 1.54. The van der Waals surface area contributed by atoms with Gasteiger partial charge in [-0.05, 0) is 30.4 Å². The van der Waals surface area contributed by atoms with Crippen LogP contribution in [0.2, 0.25) is 0 Å². The number of ether oxygens (including phenoxy) is 2. The Morgan fingerprint density at radius 2 is 1.55 bits per heavy atom. The molecule has 2 aromatic carbocycles. The molecule has 0 fully saturated rings. The number of unbranched alkanes of at least 4 members (excludes halogenated alkanes) is 1. The maximum Gasteiger partial charge on any atom is 0.407 e.